The number of rotatable bonds is 8. The highest BCUT2D eigenvalue weighted by Crippen LogP contribution is 2.24. The zero-order chi connectivity index (χ0) is 23.3. The summed E-state index contributed by atoms with van der Waals surface area (Å²) in [6, 6.07) is 18.1. The van der Waals surface area contributed by atoms with E-state index in [9.17, 15) is 13.2 Å². The maximum atomic E-state index is 12.7. The molecular weight excluding hydrogens is 448 g/mol. The van der Waals surface area contributed by atoms with Crippen molar-refractivity contribution in [1.82, 2.24) is 0 Å². The van der Waals surface area contributed by atoms with Crippen LogP contribution >= 0.6 is 11.6 Å². The summed E-state index contributed by atoms with van der Waals surface area (Å²) in [5.41, 5.74) is 2.91. The fourth-order valence-corrected chi connectivity index (χ4v) is 4.27. The van der Waals surface area contributed by atoms with Gasteiger partial charge in [0.25, 0.3) is 15.9 Å². The van der Waals surface area contributed by atoms with Crippen LogP contribution in [-0.4, -0.2) is 20.4 Å². The zero-order valence-corrected chi connectivity index (χ0v) is 19.6. The molecule has 6 nitrogen and oxygen atoms in total. The van der Waals surface area contributed by atoms with Gasteiger partial charge in [-0.2, -0.15) is 0 Å². The molecule has 0 aromatic heterocycles. The summed E-state index contributed by atoms with van der Waals surface area (Å²) in [5, 5.41) is 3.21. The molecule has 8 heteroatoms. The van der Waals surface area contributed by atoms with Crippen LogP contribution in [0.25, 0.3) is 0 Å². The number of halogens is 1. The van der Waals surface area contributed by atoms with E-state index in [1.54, 1.807) is 18.2 Å². The predicted molar refractivity (Wildman–Crippen MR) is 128 cm³/mol. The van der Waals surface area contributed by atoms with Gasteiger partial charge in [0.1, 0.15) is 5.75 Å². The number of sulfonamides is 1. The lowest BCUT2D eigenvalue weighted by atomic mass is 10.1. The summed E-state index contributed by atoms with van der Waals surface area (Å²) >= 11 is 5.91. The fraction of sp³-hybridized carbons (Fsp3) is 0.208. The van der Waals surface area contributed by atoms with Crippen LogP contribution in [0.2, 0.25) is 5.02 Å². The molecule has 1 amide bonds. The zero-order valence-electron chi connectivity index (χ0n) is 18.1. The number of benzene rings is 3. The molecule has 0 radical (unpaired) electrons. The van der Waals surface area contributed by atoms with Crippen molar-refractivity contribution in [3.8, 4) is 5.75 Å². The van der Waals surface area contributed by atoms with Crippen molar-refractivity contribution in [2.45, 2.75) is 38.2 Å². The quantitative estimate of drug-likeness (QED) is 0.450. The van der Waals surface area contributed by atoms with E-state index >= 15 is 0 Å². The summed E-state index contributed by atoms with van der Waals surface area (Å²) in [7, 11) is -3.79. The Labute approximate surface area is 193 Å². The number of amides is 1. The van der Waals surface area contributed by atoms with Gasteiger partial charge < -0.3 is 10.1 Å². The van der Waals surface area contributed by atoms with Gasteiger partial charge in [-0.25, -0.2) is 8.42 Å². The monoisotopic (exact) mass is 472 g/mol. The third kappa shape index (κ3) is 5.81. The average molecular weight is 473 g/mol. The van der Waals surface area contributed by atoms with E-state index in [4.69, 9.17) is 16.3 Å². The van der Waals surface area contributed by atoms with Crippen molar-refractivity contribution < 1.29 is 17.9 Å². The number of anilines is 2. The lowest BCUT2D eigenvalue weighted by Crippen LogP contribution is -2.32. The van der Waals surface area contributed by atoms with Crippen LogP contribution in [0.3, 0.4) is 0 Å². The topological polar surface area (TPSA) is 84.5 Å². The normalized spacial score (nSPS) is 12.1. The number of carbonyl (C=O) groups excluding carboxylic acids is 1. The number of aryl methyl sites for hydroxylation is 1. The number of nitrogens with one attached hydrogen (secondary N) is 2. The number of hydrogen-bond acceptors (Lipinski definition) is 4. The van der Waals surface area contributed by atoms with Gasteiger partial charge in [0.2, 0.25) is 0 Å². The van der Waals surface area contributed by atoms with Gasteiger partial charge in [-0.15, -0.1) is 0 Å². The maximum absolute atomic E-state index is 12.7. The van der Waals surface area contributed by atoms with Gasteiger partial charge in [0.05, 0.1) is 10.6 Å². The standard InChI is InChI=1S/C24H25ClN2O4S/c1-4-22(31-23-10-5-7-16(2)17(23)3)24(28)26-19-11-13-21(14-12-19)32(29,30)27-20-9-6-8-18(25)15-20/h5-15,22,27H,4H2,1-3H3,(H,26,28). The highest BCUT2D eigenvalue weighted by atomic mass is 35.5. The van der Waals surface area contributed by atoms with E-state index in [-0.39, 0.29) is 10.8 Å². The van der Waals surface area contributed by atoms with Crippen molar-refractivity contribution >= 4 is 38.9 Å². The minimum Gasteiger partial charge on any atom is -0.480 e. The summed E-state index contributed by atoms with van der Waals surface area (Å²) < 4.78 is 33.6. The Balaban J connectivity index is 1.68. The Morgan fingerprint density at radius 1 is 1.00 bits per heavy atom. The third-order valence-electron chi connectivity index (χ3n) is 5.00. The van der Waals surface area contributed by atoms with E-state index in [1.165, 1.54) is 30.3 Å². The first-order valence-corrected chi connectivity index (χ1v) is 12.0. The molecular formula is C24H25ClN2O4S. The molecule has 0 aliphatic heterocycles. The van der Waals surface area contributed by atoms with Crippen molar-refractivity contribution in [2.75, 3.05) is 10.0 Å². The molecule has 1 unspecified atom stereocenters. The van der Waals surface area contributed by atoms with Crippen molar-refractivity contribution in [2.24, 2.45) is 0 Å². The minimum absolute atomic E-state index is 0.0640. The highest BCUT2D eigenvalue weighted by Gasteiger charge is 2.20. The van der Waals surface area contributed by atoms with E-state index in [2.05, 4.69) is 10.0 Å². The molecule has 0 aliphatic carbocycles. The first kappa shape index (κ1) is 23.6. The molecule has 0 spiro atoms. The third-order valence-corrected chi connectivity index (χ3v) is 6.63. The van der Waals surface area contributed by atoms with Crippen LogP contribution in [0, 0.1) is 13.8 Å². The van der Waals surface area contributed by atoms with Gasteiger partial charge in [-0.1, -0.05) is 36.7 Å². The van der Waals surface area contributed by atoms with Crippen molar-refractivity contribution in [3.63, 3.8) is 0 Å². The Morgan fingerprint density at radius 3 is 2.34 bits per heavy atom. The van der Waals surface area contributed by atoms with Gasteiger partial charge in [0, 0.05) is 10.7 Å². The lowest BCUT2D eigenvalue weighted by Gasteiger charge is -2.19. The van der Waals surface area contributed by atoms with Gasteiger partial charge in [0.15, 0.2) is 6.10 Å². The molecule has 0 heterocycles. The summed E-state index contributed by atoms with van der Waals surface area (Å²) in [5.74, 6) is 0.363. The van der Waals surface area contributed by atoms with Crippen LogP contribution in [0.15, 0.2) is 71.6 Å². The highest BCUT2D eigenvalue weighted by molar-refractivity contribution is 7.92. The first-order valence-electron chi connectivity index (χ1n) is 10.1. The van der Waals surface area contributed by atoms with Gasteiger partial charge in [-0.3, -0.25) is 9.52 Å². The fourth-order valence-electron chi connectivity index (χ4n) is 3.03. The summed E-state index contributed by atoms with van der Waals surface area (Å²) in [6.45, 7) is 5.80. The molecule has 0 aliphatic rings. The summed E-state index contributed by atoms with van der Waals surface area (Å²) in [6.07, 6.45) is -0.196. The molecule has 0 saturated carbocycles. The molecule has 168 valence electrons. The van der Waals surface area contributed by atoms with E-state index in [1.807, 2.05) is 39.0 Å². The molecule has 3 aromatic carbocycles. The number of hydrogen-bond donors (Lipinski definition) is 2. The second kappa shape index (κ2) is 10.1. The molecule has 32 heavy (non-hydrogen) atoms. The SMILES string of the molecule is CCC(Oc1cccc(C)c1C)C(=O)Nc1ccc(S(=O)(=O)Nc2cccc(Cl)c2)cc1. The van der Waals surface area contributed by atoms with E-state index < -0.39 is 16.1 Å². The van der Waals surface area contributed by atoms with Crippen LogP contribution in [0.1, 0.15) is 24.5 Å². The molecule has 1 atom stereocenters. The number of ether oxygens (including phenoxy) is 1. The van der Waals surface area contributed by atoms with E-state index in [0.29, 0.717) is 28.6 Å². The van der Waals surface area contributed by atoms with Crippen LogP contribution in [0.4, 0.5) is 11.4 Å². The second-order valence-corrected chi connectivity index (χ2v) is 9.46. The summed E-state index contributed by atoms with van der Waals surface area (Å²) in [4.78, 5) is 12.8. The Kier molecular flexibility index (Phi) is 7.43. The predicted octanol–water partition coefficient (Wildman–Crippen LogP) is 5.55. The maximum Gasteiger partial charge on any atom is 0.265 e. The minimum atomic E-state index is -3.79. The Hall–Kier alpha value is -3.03. The van der Waals surface area contributed by atoms with Crippen molar-refractivity contribution in [1.29, 1.82) is 0 Å². The largest absolute Gasteiger partial charge is 0.480 e. The molecule has 3 aromatic rings. The molecule has 0 fully saturated rings. The Bertz CT molecular complexity index is 1210. The van der Waals surface area contributed by atoms with Crippen LogP contribution < -0.4 is 14.8 Å². The van der Waals surface area contributed by atoms with Gasteiger partial charge in [-0.05, 0) is 79.9 Å². The molecule has 0 bridgehead atoms. The van der Waals surface area contributed by atoms with Crippen LogP contribution in [-0.2, 0) is 14.8 Å². The van der Waals surface area contributed by atoms with E-state index in [0.717, 1.165) is 11.1 Å². The van der Waals surface area contributed by atoms with Crippen LogP contribution in [0.5, 0.6) is 5.75 Å². The number of carbonyl (C=O) groups is 1. The lowest BCUT2D eigenvalue weighted by molar-refractivity contribution is -0.122. The van der Waals surface area contributed by atoms with Gasteiger partial charge >= 0.3 is 0 Å². The molecule has 3 rings (SSSR count). The molecule has 2 N–H and O–H groups in total. The Morgan fingerprint density at radius 2 is 1.69 bits per heavy atom. The van der Waals surface area contributed by atoms with Crippen molar-refractivity contribution in [3.05, 3.63) is 82.9 Å². The average Bonchev–Trinajstić information content (AvgIpc) is 2.75. The first-order chi connectivity index (χ1) is 15.2. The molecule has 0 saturated heterocycles. The second-order valence-electron chi connectivity index (χ2n) is 7.34. The smallest absolute Gasteiger partial charge is 0.265 e.